The van der Waals surface area contributed by atoms with Gasteiger partial charge < -0.3 is 14.7 Å². The van der Waals surface area contributed by atoms with E-state index in [1.165, 1.54) is 0 Å². The fourth-order valence-corrected chi connectivity index (χ4v) is 2.55. The van der Waals surface area contributed by atoms with Crippen LogP contribution in [-0.4, -0.2) is 66.3 Å². The Balaban J connectivity index is 1.97. The summed E-state index contributed by atoms with van der Waals surface area (Å²) < 4.78 is 0. The number of piperazine rings is 1. The van der Waals surface area contributed by atoms with Crippen LogP contribution in [0.4, 0.5) is 0 Å². The van der Waals surface area contributed by atoms with Crippen LogP contribution in [-0.2, 0) is 9.59 Å². The average molecular weight is 276 g/mol. The Hall–Kier alpha value is -2.03. The van der Waals surface area contributed by atoms with Gasteiger partial charge in [0.1, 0.15) is 11.6 Å². The van der Waals surface area contributed by atoms with Crippen molar-refractivity contribution in [2.24, 2.45) is 0 Å². The van der Waals surface area contributed by atoms with E-state index in [0.717, 1.165) is 38.8 Å². The molecule has 0 N–H and O–H groups in total. The second kappa shape index (κ2) is 6.94. The highest BCUT2D eigenvalue weighted by Gasteiger charge is 2.22. The largest absolute Gasteiger partial charge is 0.373 e. The molecule has 0 bridgehead atoms. The van der Waals surface area contributed by atoms with Crippen molar-refractivity contribution in [2.45, 2.75) is 19.3 Å². The maximum absolute atomic E-state index is 12.3. The van der Waals surface area contributed by atoms with Gasteiger partial charge in [-0.15, -0.1) is 0 Å². The molecule has 108 valence electrons. The zero-order valence-electron chi connectivity index (χ0n) is 11.6. The average Bonchev–Trinajstić information content (AvgIpc) is 2.53. The van der Waals surface area contributed by atoms with Gasteiger partial charge in [-0.2, -0.15) is 5.26 Å². The summed E-state index contributed by atoms with van der Waals surface area (Å²) in [5.74, 6) is -0.162. The third-order valence-electron chi connectivity index (χ3n) is 3.80. The van der Waals surface area contributed by atoms with Gasteiger partial charge in [0.05, 0.1) is 0 Å². The number of hydrogen-bond acceptors (Lipinski definition) is 4. The number of rotatable bonds is 3. The van der Waals surface area contributed by atoms with Gasteiger partial charge >= 0.3 is 0 Å². The third kappa shape index (κ3) is 3.50. The van der Waals surface area contributed by atoms with Crippen molar-refractivity contribution in [1.82, 2.24) is 14.7 Å². The van der Waals surface area contributed by atoms with Crippen molar-refractivity contribution in [2.75, 3.05) is 39.3 Å². The van der Waals surface area contributed by atoms with Crippen molar-refractivity contribution in [3.8, 4) is 6.07 Å². The highest BCUT2D eigenvalue weighted by atomic mass is 16.2. The molecule has 0 saturated carbocycles. The lowest BCUT2D eigenvalue weighted by Gasteiger charge is -2.32. The van der Waals surface area contributed by atoms with Gasteiger partial charge in [0.2, 0.25) is 6.41 Å². The molecule has 0 aromatic heterocycles. The minimum absolute atomic E-state index is 0.162. The van der Waals surface area contributed by atoms with Crippen LogP contribution >= 0.6 is 0 Å². The summed E-state index contributed by atoms with van der Waals surface area (Å²) in [5.41, 5.74) is 0.200. The molecule has 2 fully saturated rings. The van der Waals surface area contributed by atoms with Crippen LogP contribution < -0.4 is 0 Å². The lowest BCUT2D eigenvalue weighted by Crippen LogP contribution is -2.44. The smallest absolute Gasteiger partial charge is 0.266 e. The van der Waals surface area contributed by atoms with Crippen LogP contribution in [0.15, 0.2) is 11.8 Å². The zero-order chi connectivity index (χ0) is 14.4. The summed E-state index contributed by atoms with van der Waals surface area (Å²) in [4.78, 5) is 28.3. The molecule has 2 amide bonds. The van der Waals surface area contributed by atoms with Gasteiger partial charge in [0, 0.05) is 45.5 Å². The van der Waals surface area contributed by atoms with E-state index in [-0.39, 0.29) is 11.5 Å². The van der Waals surface area contributed by atoms with Gasteiger partial charge in [0.25, 0.3) is 5.91 Å². The van der Waals surface area contributed by atoms with Gasteiger partial charge in [-0.25, -0.2) is 0 Å². The maximum Gasteiger partial charge on any atom is 0.266 e. The molecule has 0 radical (unpaired) electrons. The second-order valence-electron chi connectivity index (χ2n) is 5.18. The first-order chi connectivity index (χ1) is 9.74. The van der Waals surface area contributed by atoms with Crippen molar-refractivity contribution < 1.29 is 9.59 Å². The maximum atomic E-state index is 12.3. The molecule has 2 aliphatic rings. The first-order valence-corrected chi connectivity index (χ1v) is 7.09. The van der Waals surface area contributed by atoms with Crippen LogP contribution in [0.5, 0.6) is 0 Å². The molecule has 0 aliphatic carbocycles. The number of carbonyl (C=O) groups excluding carboxylic acids is 2. The monoisotopic (exact) mass is 276 g/mol. The van der Waals surface area contributed by atoms with E-state index in [1.807, 2.05) is 11.0 Å². The number of likely N-dealkylation sites (tertiary alicyclic amines) is 1. The fraction of sp³-hybridized carbons (Fsp3) is 0.643. The number of hydrogen-bond donors (Lipinski definition) is 0. The first kappa shape index (κ1) is 14.4. The Morgan fingerprint density at radius 3 is 2.10 bits per heavy atom. The quantitative estimate of drug-likeness (QED) is 0.419. The minimum atomic E-state index is -0.162. The number of nitrogens with zero attached hydrogens (tertiary/aromatic N) is 4. The molecule has 0 atom stereocenters. The van der Waals surface area contributed by atoms with Crippen LogP contribution in [0, 0.1) is 11.3 Å². The summed E-state index contributed by atoms with van der Waals surface area (Å²) in [6.07, 6.45) is 5.68. The van der Waals surface area contributed by atoms with Crippen molar-refractivity contribution in [3.05, 3.63) is 11.8 Å². The standard InChI is InChI=1S/C14H20N4O2/c15-10-13(14(20)18-4-2-1-3-5-18)11-16-6-8-17(12-19)9-7-16/h11-12H,1-9H2/b13-11-. The normalized spacial score (nSPS) is 20.6. The summed E-state index contributed by atoms with van der Waals surface area (Å²) in [6, 6.07) is 2.02. The van der Waals surface area contributed by atoms with Crippen molar-refractivity contribution >= 4 is 12.3 Å². The van der Waals surface area contributed by atoms with Gasteiger partial charge in [-0.1, -0.05) is 0 Å². The SMILES string of the molecule is N#C/C(=C/N1CCN(C=O)CC1)C(=O)N1CCCCC1. The van der Waals surface area contributed by atoms with E-state index < -0.39 is 0 Å². The molecule has 2 rings (SSSR count). The Labute approximate surface area is 119 Å². The van der Waals surface area contributed by atoms with E-state index in [1.54, 1.807) is 16.0 Å². The molecule has 2 saturated heterocycles. The van der Waals surface area contributed by atoms with Gasteiger partial charge in [0.15, 0.2) is 0 Å². The summed E-state index contributed by atoms with van der Waals surface area (Å²) in [6.45, 7) is 4.09. The highest BCUT2D eigenvalue weighted by molar-refractivity contribution is 5.97. The van der Waals surface area contributed by atoms with Crippen LogP contribution in [0.25, 0.3) is 0 Å². The van der Waals surface area contributed by atoms with E-state index in [2.05, 4.69) is 0 Å². The third-order valence-corrected chi connectivity index (χ3v) is 3.80. The molecular formula is C14H20N4O2. The predicted molar refractivity (Wildman–Crippen MR) is 73.3 cm³/mol. The van der Waals surface area contributed by atoms with Crippen LogP contribution in [0.2, 0.25) is 0 Å². The second-order valence-corrected chi connectivity index (χ2v) is 5.18. The molecule has 2 aliphatic heterocycles. The lowest BCUT2D eigenvalue weighted by atomic mass is 10.1. The topological polar surface area (TPSA) is 67.6 Å². The molecule has 0 aromatic rings. The zero-order valence-corrected chi connectivity index (χ0v) is 11.6. The fourth-order valence-electron chi connectivity index (χ4n) is 2.55. The molecular weight excluding hydrogens is 256 g/mol. The summed E-state index contributed by atoms with van der Waals surface area (Å²) in [5, 5.41) is 9.20. The van der Waals surface area contributed by atoms with Gasteiger partial charge in [-0.05, 0) is 19.3 Å². The molecule has 2 heterocycles. The van der Waals surface area contributed by atoms with E-state index >= 15 is 0 Å². The van der Waals surface area contributed by atoms with E-state index in [4.69, 9.17) is 0 Å². The van der Waals surface area contributed by atoms with E-state index in [0.29, 0.717) is 26.2 Å². The minimum Gasteiger partial charge on any atom is -0.373 e. The first-order valence-electron chi connectivity index (χ1n) is 7.09. The molecule has 20 heavy (non-hydrogen) atoms. The summed E-state index contributed by atoms with van der Waals surface area (Å²) >= 11 is 0. The Bertz CT molecular complexity index is 427. The molecule has 0 unspecified atom stereocenters. The number of carbonyl (C=O) groups is 2. The Kier molecular flexibility index (Phi) is 4.99. The van der Waals surface area contributed by atoms with Crippen LogP contribution in [0.1, 0.15) is 19.3 Å². The molecule has 6 heteroatoms. The predicted octanol–water partition coefficient (Wildman–Crippen LogP) is 0.180. The lowest BCUT2D eigenvalue weighted by molar-refractivity contribution is -0.127. The highest BCUT2D eigenvalue weighted by Crippen LogP contribution is 2.13. The van der Waals surface area contributed by atoms with Crippen molar-refractivity contribution in [1.29, 1.82) is 5.26 Å². The van der Waals surface area contributed by atoms with Crippen molar-refractivity contribution in [3.63, 3.8) is 0 Å². The number of nitriles is 1. The molecule has 0 aromatic carbocycles. The Morgan fingerprint density at radius 2 is 1.55 bits per heavy atom. The van der Waals surface area contributed by atoms with Gasteiger partial charge in [-0.3, -0.25) is 9.59 Å². The molecule has 0 spiro atoms. The van der Waals surface area contributed by atoms with Crippen LogP contribution in [0.3, 0.4) is 0 Å². The van der Waals surface area contributed by atoms with E-state index in [9.17, 15) is 14.9 Å². The Morgan fingerprint density at radius 1 is 0.950 bits per heavy atom. The summed E-state index contributed by atoms with van der Waals surface area (Å²) in [7, 11) is 0. The number of piperidine rings is 1. The molecule has 6 nitrogen and oxygen atoms in total. The number of amides is 2.